The third kappa shape index (κ3) is 3.84. The molecule has 0 atom stereocenters. The predicted octanol–water partition coefficient (Wildman–Crippen LogP) is 3.15. The van der Waals surface area contributed by atoms with Crippen LogP contribution in [0.4, 0.5) is 11.5 Å². The third-order valence-corrected chi connectivity index (χ3v) is 5.35. The number of nitrogens with one attached hydrogen (secondary N) is 1. The van der Waals surface area contributed by atoms with Gasteiger partial charge in [0.05, 0.1) is 18.8 Å². The molecule has 2 amide bonds. The van der Waals surface area contributed by atoms with E-state index in [2.05, 4.69) is 10.4 Å². The number of hydrogen-bond acceptors (Lipinski definition) is 5. The Kier molecular flexibility index (Phi) is 4.82. The molecule has 1 N–H and O–H groups in total. The summed E-state index contributed by atoms with van der Waals surface area (Å²) in [6, 6.07) is 14.5. The van der Waals surface area contributed by atoms with Crippen molar-refractivity contribution in [2.24, 2.45) is 0 Å². The fourth-order valence-electron chi connectivity index (χ4n) is 3.82. The zero-order chi connectivity index (χ0) is 21.4. The van der Waals surface area contributed by atoms with Crippen molar-refractivity contribution >= 4 is 23.3 Å². The molecule has 0 saturated heterocycles. The summed E-state index contributed by atoms with van der Waals surface area (Å²) in [6.07, 6.45) is 0.435. The molecule has 8 nitrogen and oxygen atoms in total. The van der Waals surface area contributed by atoms with Crippen LogP contribution in [0.1, 0.15) is 28.0 Å². The first kappa shape index (κ1) is 19.2. The summed E-state index contributed by atoms with van der Waals surface area (Å²) in [6.45, 7) is 3.98. The fourth-order valence-corrected chi connectivity index (χ4v) is 3.82. The van der Waals surface area contributed by atoms with Crippen molar-refractivity contribution in [3.63, 3.8) is 0 Å². The van der Waals surface area contributed by atoms with Gasteiger partial charge >= 0.3 is 0 Å². The number of anilines is 2. The monoisotopic (exact) mass is 418 g/mol. The van der Waals surface area contributed by atoms with Crippen molar-refractivity contribution in [2.75, 3.05) is 23.4 Å². The Labute approximate surface area is 179 Å². The summed E-state index contributed by atoms with van der Waals surface area (Å²) in [7, 11) is 0. The van der Waals surface area contributed by atoms with Crippen LogP contribution in [0, 0.1) is 6.92 Å². The number of carbonyl (C=O) groups excluding carboxylic acids is 2. The molecule has 1 aromatic heterocycles. The van der Waals surface area contributed by atoms with Gasteiger partial charge < -0.3 is 14.8 Å². The van der Waals surface area contributed by atoms with Gasteiger partial charge in [0.15, 0.2) is 11.5 Å². The van der Waals surface area contributed by atoms with Crippen LogP contribution in [0.3, 0.4) is 0 Å². The fraction of sp³-hybridized carbons (Fsp3) is 0.261. The molecule has 31 heavy (non-hydrogen) atoms. The zero-order valence-electron chi connectivity index (χ0n) is 17.1. The lowest BCUT2D eigenvalue weighted by Crippen LogP contribution is -2.36. The number of benzene rings is 2. The molecule has 0 radical (unpaired) electrons. The minimum absolute atomic E-state index is 0.0767. The van der Waals surface area contributed by atoms with Crippen LogP contribution in [0.25, 0.3) is 0 Å². The number of amides is 2. The first-order valence-corrected chi connectivity index (χ1v) is 10.2. The van der Waals surface area contributed by atoms with Crippen LogP contribution in [0.5, 0.6) is 11.5 Å². The van der Waals surface area contributed by atoms with Gasteiger partial charge in [0.25, 0.3) is 5.91 Å². The summed E-state index contributed by atoms with van der Waals surface area (Å²) >= 11 is 0. The Morgan fingerprint density at radius 3 is 2.65 bits per heavy atom. The molecule has 8 heteroatoms. The van der Waals surface area contributed by atoms with Gasteiger partial charge in [-0.1, -0.05) is 12.1 Å². The van der Waals surface area contributed by atoms with E-state index in [1.165, 1.54) is 0 Å². The molecule has 3 aromatic rings. The first-order chi connectivity index (χ1) is 15.1. The van der Waals surface area contributed by atoms with Crippen LogP contribution in [-0.4, -0.2) is 34.8 Å². The number of aryl methyl sites for hydroxylation is 2. The van der Waals surface area contributed by atoms with E-state index in [9.17, 15) is 9.59 Å². The molecular weight excluding hydrogens is 396 g/mol. The summed E-state index contributed by atoms with van der Waals surface area (Å²) in [5.74, 6) is 1.98. The molecule has 2 aromatic carbocycles. The lowest BCUT2D eigenvalue weighted by molar-refractivity contribution is -0.119. The molecule has 2 aliphatic heterocycles. The number of aromatic nitrogens is 2. The highest BCUT2D eigenvalue weighted by molar-refractivity contribution is 6.04. The van der Waals surface area contributed by atoms with E-state index in [4.69, 9.17) is 9.47 Å². The Morgan fingerprint density at radius 2 is 1.84 bits per heavy atom. The number of hydrogen-bond donors (Lipinski definition) is 1. The number of nitrogens with zero attached hydrogens (tertiary/aromatic N) is 3. The van der Waals surface area contributed by atoms with Crippen LogP contribution in [-0.2, 0) is 17.9 Å². The standard InChI is InChI=1S/C23H22N4O4/c1-15-12-21-26(22(28)8-9-27(21)25-15)14-16-2-4-17(5-3-16)23(29)24-18-6-7-19-20(13-18)31-11-10-30-19/h2-7,12-13H,8-11,14H2,1H3,(H,24,29). The van der Waals surface area contributed by atoms with Gasteiger partial charge in [-0.25, -0.2) is 4.68 Å². The summed E-state index contributed by atoms with van der Waals surface area (Å²) in [5.41, 5.74) is 3.00. The number of fused-ring (bicyclic) bond motifs is 2. The second-order valence-corrected chi connectivity index (χ2v) is 7.61. The maximum absolute atomic E-state index is 12.6. The molecule has 0 saturated carbocycles. The van der Waals surface area contributed by atoms with E-state index in [1.807, 2.05) is 29.8 Å². The molecule has 5 rings (SSSR count). The lowest BCUT2D eigenvalue weighted by Gasteiger charge is -2.27. The van der Waals surface area contributed by atoms with Gasteiger partial charge in [0.1, 0.15) is 19.0 Å². The van der Waals surface area contributed by atoms with Crippen molar-refractivity contribution in [2.45, 2.75) is 26.4 Å². The first-order valence-electron chi connectivity index (χ1n) is 10.2. The van der Waals surface area contributed by atoms with E-state index in [-0.39, 0.29) is 11.8 Å². The SMILES string of the molecule is Cc1cc2n(n1)CCC(=O)N2Cc1ccc(C(=O)Nc2ccc3c(c2)OCCO3)cc1. The normalized spacial score (nSPS) is 14.9. The number of ether oxygens (including phenoxy) is 2. The van der Waals surface area contributed by atoms with Crippen molar-refractivity contribution in [1.29, 1.82) is 0 Å². The molecule has 0 bridgehead atoms. The van der Waals surface area contributed by atoms with E-state index in [0.717, 1.165) is 17.1 Å². The van der Waals surface area contributed by atoms with Gasteiger partial charge in [-0.05, 0) is 36.8 Å². The Balaban J connectivity index is 1.28. The van der Waals surface area contributed by atoms with Crippen LogP contribution in [0.2, 0.25) is 0 Å². The average Bonchev–Trinajstić information content (AvgIpc) is 3.17. The summed E-state index contributed by atoms with van der Waals surface area (Å²) in [5, 5.41) is 7.32. The maximum Gasteiger partial charge on any atom is 0.255 e. The second kappa shape index (κ2) is 7.79. The third-order valence-electron chi connectivity index (χ3n) is 5.35. The van der Waals surface area contributed by atoms with E-state index in [0.29, 0.717) is 55.5 Å². The molecule has 2 aliphatic rings. The van der Waals surface area contributed by atoms with Gasteiger partial charge in [-0.3, -0.25) is 14.5 Å². The average molecular weight is 418 g/mol. The molecule has 0 aliphatic carbocycles. The Morgan fingerprint density at radius 1 is 1.06 bits per heavy atom. The van der Waals surface area contributed by atoms with Crippen molar-refractivity contribution in [3.8, 4) is 11.5 Å². The minimum atomic E-state index is -0.217. The van der Waals surface area contributed by atoms with E-state index in [1.54, 1.807) is 35.2 Å². The van der Waals surface area contributed by atoms with Crippen LogP contribution >= 0.6 is 0 Å². The van der Waals surface area contributed by atoms with Gasteiger partial charge in [0, 0.05) is 29.8 Å². The quantitative estimate of drug-likeness (QED) is 0.704. The minimum Gasteiger partial charge on any atom is -0.486 e. The Bertz CT molecular complexity index is 1150. The molecule has 0 spiro atoms. The van der Waals surface area contributed by atoms with Gasteiger partial charge in [-0.2, -0.15) is 5.10 Å². The topological polar surface area (TPSA) is 85.7 Å². The molecule has 0 fully saturated rings. The van der Waals surface area contributed by atoms with Crippen molar-refractivity contribution < 1.29 is 19.1 Å². The van der Waals surface area contributed by atoms with E-state index < -0.39 is 0 Å². The molecule has 158 valence electrons. The number of carbonyl (C=O) groups is 2. The zero-order valence-corrected chi connectivity index (χ0v) is 17.1. The lowest BCUT2D eigenvalue weighted by atomic mass is 10.1. The van der Waals surface area contributed by atoms with Crippen molar-refractivity contribution in [3.05, 3.63) is 65.4 Å². The van der Waals surface area contributed by atoms with Crippen LogP contribution < -0.4 is 19.7 Å². The second-order valence-electron chi connectivity index (χ2n) is 7.61. The Hall–Kier alpha value is -3.81. The largest absolute Gasteiger partial charge is 0.486 e. The highest BCUT2D eigenvalue weighted by atomic mass is 16.6. The molecular formula is C23H22N4O4. The van der Waals surface area contributed by atoms with Crippen LogP contribution in [0.15, 0.2) is 48.5 Å². The van der Waals surface area contributed by atoms with Gasteiger partial charge in [-0.15, -0.1) is 0 Å². The maximum atomic E-state index is 12.6. The highest BCUT2D eigenvalue weighted by Crippen LogP contribution is 2.32. The predicted molar refractivity (Wildman–Crippen MR) is 115 cm³/mol. The summed E-state index contributed by atoms with van der Waals surface area (Å²) in [4.78, 5) is 26.8. The number of rotatable bonds is 4. The smallest absolute Gasteiger partial charge is 0.255 e. The van der Waals surface area contributed by atoms with Gasteiger partial charge in [0.2, 0.25) is 5.91 Å². The highest BCUT2D eigenvalue weighted by Gasteiger charge is 2.25. The van der Waals surface area contributed by atoms with E-state index >= 15 is 0 Å². The van der Waals surface area contributed by atoms with Crippen molar-refractivity contribution in [1.82, 2.24) is 9.78 Å². The summed E-state index contributed by atoms with van der Waals surface area (Å²) < 4.78 is 12.9. The molecule has 3 heterocycles. The molecule has 0 unspecified atom stereocenters.